The number of carbonyl (C=O) groups excluding carboxylic acids is 3. The van der Waals surface area contributed by atoms with E-state index in [4.69, 9.17) is 4.74 Å². The third-order valence-electron chi connectivity index (χ3n) is 7.33. The van der Waals surface area contributed by atoms with Gasteiger partial charge < -0.3 is 20.3 Å². The van der Waals surface area contributed by atoms with Crippen LogP contribution in [0.3, 0.4) is 0 Å². The van der Waals surface area contributed by atoms with Crippen molar-refractivity contribution in [3.8, 4) is 0 Å². The molecule has 0 saturated heterocycles. The molecule has 0 aromatic heterocycles. The number of benzene rings is 1. The van der Waals surface area contributed by atoms with Crippen LogP contribution >= 0.6 is 12.6 Å². The normalized spacial score (nSPS) is 16.5. The fourth-order valence-electron chi connectivity index (χ4n) is 4.74. The first-order chi connectivity index (χ1) is 17.2. The number of hydrogen-bond donors (Lipinski definition) is 3. The average Bonchev–Trinajstić information content (AvgIpc) is 2.82. The molecule has 2 rings (SSSR count). The Hall–Kier alpha value is -2.22. The molecule has 1 saturated carbocycles. The molecule has 1 aromatic carbocycles. The number of hydrogen-bond acceptors (Lipinski definition) is 5. The molecule has 0 spiro atoms. The van der Waals surface area contributed by atoms with Gasteiger partial charge in [-0.1, -0.05) is 44.4 Å². The Kier molecular flexibility index (Phi) is 10.9. The molecule has 0 bridgehead atoms. The first-order valence-electron chi connectivity index (χ1n) is 13.5. The summed E-state index contributed by atoms with van der Waals surface area (Å²) >= 11 is 4.39. The second kappa shape index (κ2) is 13.0. The van der Waals surface area contributed by atoms with Crippen LogP contribution in [0.5, 0.6) is 0 Å². The number of carbonyl (C=O) groups is 3. The third-order valence-corrected chi connectivity index (χ3v) is 7.69. The van der Waals surface area contributed by atoms with Crippen LogP contribution in [0.2, 0.25) is 0 Å². The first-order valence-corrected chi connectivity index (χ1v) is 14.1. The Bertz CT molecular complexity index is 951. The fraction of sp³-hybridized carbons (Fsp3) is 0.690. The highest BCUT2D eigenvalue weighted by Crippen LogP contribution is 2.35. The third kappa shape index (κ3) is 8.39. The highest BCUT2D eigenvalue weighted by atomic mass is 32.1. The van der Waals surface area contributed by atoms with Gasteiger partial charge in [0.15, 0.2) is 0 Å². The molecule has 0 radical (unpaired) electrons. The number of nitrogens with one attached hydrogen (secondary N) is 2. The van der Waals surface area contributed by atoms with E-state index < -0.39 is 29.3 Å². The van der Waals surface area contributed by atoms with Crippen molar-refractivity contribution in [2.45, 2.75) is 123 Å². The number of aryl methyl sites for hydroxylation is 1. The van der Waals surface area contributed by atoms with E-state index in [0.717, 1.165) is 42.4 Å². The summed E-state index contributed by atoms with van der Waals surface area (Å²) in [5, 5.41) is 5.95. The van der Waals surface area contributed by atoms with Crippen LogP contribution in [-0.4, -0.2) is 51.8 Å². The molecule has 2 N–H and O–H groups in total. The van der Waals surface area contributed by atoms with Gasteiger partial charge in [-0.3, -0.25) is 9.59 Å². The summed E-state index contributed by atoms with van der Waals surface area (Å²) < 4.78 is 5.41. The SMILES string of the molecule is CCC(C)(C)N(C(=O)C(CS)NC(=O)OC(C)(C)C)C(C(=O)NC1CCCCC1)c1cccc(C)c1C. The summed E-state index contributed by atoms with van der Waals surface area (Å²) in [6, 6.07) is 4.14. The molecule has 3 amide bonds. The summed E-state index contributed by atoms with van der Waals surface area (Å²) in [7, 11) is 0. The van der Waals surface area contributed by atoms with Gasteiger partial charge in [0, 0.05) is 17.3 Å². The Morgan fingerprint density at radius 2 is 1.70 bits per heavy atom. The minimum Gasteiger partial charge on any atom is -0.444 e. The molecule has 8 heteroatoms. The molecular formula is C29H47N3O4S. The topological polar surface area (TPSA) is 87.7 Å². The van der Waals surface area contributed by atoms with Crippen LogP contribution in [0.25, 0.3) is 0 Å². The van der Waals surface area contributed by atoms with Crippen molar-refractivity contribution >= 4 is 30.5 Å². The summed E-state index contributed by atoms with van der Waals surface area (Å²) in [5.41, 5.74) is 1.42. The molecule has 0 heterocycles. The molecule has 208 valence electrons. The van der Waals surface area contributed by atoms with E-state index in [1.165, 1.54) is 6.42 Å². The predicted molar refractivity (Wildman–Crippen MR) is 152 cm³/mol. The molecule has 2 unspecified atom stereocenters. The van der Waals surface area contributed by atoms with Gasteiger partial charge in [-0.25, -0.2) is 4.79 Å². The lowest BCUT2D eigenvalue weighted by atomic mass is 9.88. The molecule has 0 aliphatic heterocycles. The molecule has 1 aliphatic rings. The monoisotopic (exact) mass is 533 g/mol. The van der Waals surface area contributed by atoms with E-state index in [0.29, 0.717) is 6.42 Å². The lowest BCUT2D eigenvalue weighted by Gasteiger charge is -2.45. The van der Waals surface area contributed by atoms with E-state index in [1.807, 2.05) is 52.8 Å². The Morgan fingerprint density at radius 3 is 2.24 bits per heavy atom. The first kappa shape index (κ1) is 31.0. The smallest absolute Gasteiger partial charge is 0.408 e. The Balaban J connectivity index is 2.56. The zero-order valence-electron chi connectivity index (χ0n) is 23.9. The molecule has 2 atom stereocenters. The van der Waals surface area contributed by atoms with Gasteiger partial charge in [-0.2, -0.15) is 12.6 Å². The maximum Gasteiger partial charge on any atom is 0.408 e. The number of amides is 3. The quantitative estimate of drug-likeness (QED) is 0.359. The van der Waals surface area contributed by atoms with Crippen molar-refractivity contribution in [1.82, 2.24) is 15.5 Å². The molecule has 1 fully saturated rings. The van der Waals surface area contributed by atoms with E-state index in [-0.39, 0.29) is 23.6 Å². The van der Waals surface area contributed by atoms with Crippen LogP contribution in [0.15, 0.2) is 18.2 Å². The van der Waals surface area contributed by atoms with Gasteiger partial charge >= 0.3 is 6.09 Å². The average molecular weight is 534 g/mol. The van der Waals surface area contributed by atoms with Crippen molar-refractivity contribution in [3.05, 3.63) is 34.9 Å². The molecule has 7 nitrogen and oxygen atoms in total. The maximum atomic E-state index is 14.2. The van der Waals surface area contributed by atoms with Gasteiger partial charge in [-0.15, -0.1) is 0 Å². The van der Waals surface area contributed by atoms with Crippen molar-refractivity contribution in [3.63, 3.8) is 0 Å². The van der Waals surface area contributed by atoms with Gasteiger partial charge in [0.05, 0.1) is 0 Å². The molecule has 1 aliphatic carbocycles. The standard InChI is InChI=1S/C29H47N3O4S/c1-9-29(7,8)32(26(34)23(18-37)31-27(35)36-28(4,5)6)24(22-17-13-14-19(2)20(22)3)25(33)30-21-15-11-10-12-16-21/h13-14,17,21,23-24,37H,9-12,15-16,18H2,1-8H3,(H,30,33)(H,31,35). The summed E-state index contributed by atoms with van der Waals surface area (Å²) in [5.74, 6) is -0.485. The summed E-state index contributed by atoms with van der Waals surface area (Å²) in [4.78, 5) is 42.5. The van der Waals surface area contributed by atoms with Gasteiger partial charge in [0.2, 0.25) is 11.8 Å². The lowest BCUT2D eigenvalue weighted by Crippen LogP contribution is -2.60. The van der Waals surface area contributed by atoms with Crippen molar-refractivity contribution in [2.75, 3.05) is 5.75 Å². The number of thiol groups is 1. The zero-order valence-corrected chi connectivity index (χ0v) is 24.8. The van der Waals surface area contributed by atoms with E-state index in [1.54, 1.807) is 25.7 Å². The summed E-state index contributed by atoms with van der Waals surface area (Å²) in [6.45, 7) is 15.2. The Labute approximate surface area is 228 Å². The van der Waals surface area contributed by atoms with Crippen LogP contribution in [-0.2, 0) is 14.3 Å². The minimum atomic E-state index is -0.959. The lowest BCUT2D eigenvalue weighted by molar-refractivity contribution is -0.149. The van der Waals surface area contributed by atoms with E-state index in [2.05, 4.69) is 23.3 Å². The van der Waals surface area contributed by atoms with Gasteiger partial charge in [-0.05, 0) is 84.4 Å². The molecule has 37 heavy (non-hydrogen) atoms. The molecular weight excluding hydrogens is 486 g/mol. The number of alkyl carbamates (subject to hydrolysis) is 1. The van der Waals surface area contributed by atoms with Crippen LogP contribution in [0, 0.1) is 13.8 Å². The highest BCUT2D eigenvalue weighted by molar-refractivity contribution is 7.80. The van der Waals surface area contributed by atoms with Gasteiger partial charge in [0.25, 0.3) is 0 Å². The maximum absolute atomic E-state index is 14.2. The summed E-state index contributed by atoms with van der Waals surface area (Å²) in [6.07, 6.45) is 5.16. The molecule has 1 aromatic rings. The van der Waals surface area contributed by atoms with Crippen molar-refractivity contribution in [1.29, 1.82) is 0 Å². The van der Waals surface area contributed by atoms with Crippen LogP contribution in [0.1, 0.15) is 103 Å². The van der Waals surface area contributed by atoms with Crippen molar-refractivity contribution < 1.29 is 19.1 Å². The predicted octanol–water partition coefficient (Wildman–Crippen LogP) is 5.63. The number of ether oxygens (including phenoxy) is 1. The Morgan fingerprint density at radius 1 is 1.08 bits per heavy atom. The minimum absolute atomic E-state index is 0.0676. The van der Waals surface area contributed by atoms with Crippen LogP contribution < -0.4 is 10.6 Å². The highest BCUT2D eigenvalue weighted by Gasteiger charge is 2.43. The van der Waals surface area contributed by atoms with E-state index in [9.17, 15) is 14.4 Å². The second-order valence-corrected chi connectivity index (χ2v) is 12.2. The number of rotatable bonds is 9. The van der Waals surface area contributed by atoms with Gasteiger partial charge in [0.1, 0.15) is 17.7 Å². The second-order valence-electron chi connectivity index (χ2n) is 11.8. The zero-order chi connectivity index (χ0) is 28.0. The van der Waals surface area contributed by atoms with Crippen molar-refractivity contribution in [2.24, 2.45) is 0 Å². The van der Waals surface area contributed by atoms with E-state index >= 15 is 0 Å². The fourth-order valence-corrected chi connectivity index (χ4v) is 4.99. The number of nitrogens with zero attached hydrogens (tertiary/aromatic N) is 1. The van der Waals surface area contributed by atoms with Crippen LogP contribution in [0.4, 0.5) is 4.79 Å². The largest absolute Gasteiger partial charge is 0.444 e.